The number of alkyl halides is 4. The van der Waals surface area contributed by atoms with Crippen molar-refractivity contribution in [3.8, 4) is 17.3 Å². The van der Waals surface area contributed by atoms with Crippen molar-refractivity contribution >= 4 is 44.8 Å². The molecule has 1 aromatic carbocycles. The summed E-state index contributed by atoms with van der Waals surface area (Å²) < 4.78 is 73.4. The summed E-state index contributed by atoms with van der Waals surface area (Å²) in [7, 11) is 1.76. The predicted molar refractivity (Wildman–Crippen MR) is 194 cm³/mol. The van der Waals surface area contributed by atoms with Crippen molar-refractivity contribution in [3.05, 3.63) is 35.7 Å². The maximum atomic E-state index is 14.9. The first-order valence-electron chi connectivity index (χ1n) is 18.6. The summed E-state index contributed by atoms with van der Waals surface area (Å²) in [5.41, 5.74) is -0.383. The average molecular weight is 750 g/mol. The van der Waals surface area contributed by atoms with E-state index in [4.69, 9.17) is 19.4 Å². The van der Waals surface area contributed by atoms with Gasteiger partial charge in [0.1, 0.15) is 29.8 Å². The number of carbonyl (C=O) groups excluding carboxylic acids is 1. The van der Waals surface area contributed by atoms with Crippen LogP contribution in [0.2, 0.25) is 0 Å². The molecule has 4 fully saturated rings. The van der Waals surface area contributed by atoms with E-state index in [9.17, 15) is 22.4 Å². The minimum atomic E-state index is -4.68. The Bertz CT molecular complexity index is 2300. The zero-order chi connectivity index (χ0) is 37.9. The van der Waals surface area contributed by atoms with Gasteiger partial charge in [-0.2, -0.15) is 28.2 Å². The molecule has 12 nitrogen and oxygen atoms in total. The Kier molecular flexibility index (Phi) is 7.87. The van der Waals surface area contributed by atoms with Crippen LogP contribution < -0.4 is 9.64 Å². The maximum Gasteiger partial charge on any atom is 0.417 e. The van der Waals surface area contributed by atoms with E-state index in [1.165, 1.54) is 25.4 Å². The number of rotatable bonds is 5. The molecule has 1 N–H and O–H groups in total. The summed E-state index contributed by atoms with van der Waals surface area (Å²) >= 11 is 0. The molecule has 4 aliphatic heterocycles. The minimum absolute atomic E-state index is 0.0454. The van der Waals surface area contributed by atoms with E-state index in [0.717, 1.165) is 32.2 Å². The summed E-state index contributed by atoms with van der Waals surface area (Å²) in [5, 5.41) is 8.48. The summed E-state index contributed by atoms with van der Waals surface area (Å²) in [6.45, 7) is 9.30. The lowest BCUT2D eigenvalue weighted by molar-refractivity contribution is -0.137. The van der Waals surface area contributed by atoms with Crippen LogP contribution in [0.1, 0.15) is 64.0 Å². The number of halogens is 4. The molecule has 0 aliphatic carbocycles. The van der Waals surface area contributed by atoms with Crippen LogP contribution in [0.3, 0.4) is 0 Å². The highest BCUT2D eigenvalue weighted by Crippen LogP contribution is 2.47. The summed E-state index contributed by atoms with van der Waals surface area (Å²) in [6, 6.07) is 3.07. The van der Waals surface area contributed by atoms with E-state index in [1.54, 1.807) is 17.7 Å². The number of nitrogens with zero attached hydrogens (tertiary/aromatic N) is 8. The monoisotopic (exact) mass is 749 g/mol. The van der Waals surface area contributed by atoms with Gasteiger partial charge in [0.2, 0.25) is 0 Å². The lowest BCUT2D eigenvalue weighted by atomic mass is 9.94. The van der Waals surface area contributed by atoms with Gasteiger partial charge in [-0.25, -0.2) is 9.18 Å². The first-order chi connectivity index (χ1) is 25.6. The molecule has 0 spiro atoms. The number of amides is 1. The molecule has 1 amide bonds. The molecule has 0 saturated carbocycles. The number of ether oxygens (including phenoxy) is 2. The van der Waals surface area contributed by atoms with Gasteiger partial charge in [-0.3, -0.25) is 19.9 Å². The molecule has 8 heterocycles. The number of carbonyl (C=O) groups is 1. The van der Waals surface area contributed by atoms with Gasteiger partial charge in [0.25, 0.3) is 0 Å². The van der Waals surface area contributed by atoms with Crippen molar-refractivity contribution in [1.29, 1.82) is 0 Å². The van der Waals surface area contributed by atoms with Gasteiger partial charge in [0, 0.05) is 55.6 Å². The molecule has 5 aromatic rings. The second-order valence-corrected chi connectivity index (χ2v) is 16.5. The Labute approximate surface area is 308 Å². The third-order valence-corrected chi connectivity index (χ3v) is 11.8. The smallest absolute Gasteiger partial charge is 0.417 e. The fraction of sp³-hybridized carbons (Fsp3) is 0.553. The fourth-order valence-electron chi connectivity index (χ4n) is 9.65. The van der Waals surface area contributed by atoms with Crippen LogP contribution in [0.15, 0.2) is 24.5 Å². The third-order valence-electron chi connectivity index (χ3n) is 11.8. The normalized spacial score (nSPS) is 24.7. The zero-order valence-electron chi connectivity index (χ0n) is 30.9. The van der Waals surface area contributed by atoms with Gasteiger partial charge in [-0.05, 0) is 77.6 Å². The quantitative estimate of drug-likeness (QED) is 0.191. The predicted octanol–water partition coefficient (Wildman–Crippen LogP) is 6.93. The summed E-state index contributed by atoms with van der Waals surface area (Å²) in [5.74, 6) is 0.558. The number of aromatic amines is 1. The number of hydrogen-bond donors (Lipinski definition) is 1. The molecule has 54 heavy (non-hydrogen) atoms. The molecule has 286 valence electrons. The molecule has 9 rings (SSSR count). The largest absolute Gasteiger partial charge is 0.461 e. The lowest BCUT2D eigenvalue weighted by Crippen LogP contribution is -2.57. The van der Waals surface area contributed by atoms with Crippen molar-refractivity contribution < 1.29 is 31.8 Å². The molecule has 4 saturated heterocycles. The van der Waals surface area contributed by atoms with Crippen LogP contribution in [0.4, 0.5) is 28.2 Å². The van der Waals surface area contributed by atoms with Crippen molar-refractivity contribution in [2.24, 2.45) is 7.05 Å². The molecule has 2 bridgehead atoms. The molecular weight excluding hydrogens is 706 g/mol. The molecule has 4 aromatic heterocycles. The van der Waals surface area contributed by atoms with Crippen LogP contribution in [0, 0.1) is 6.92 Å². The van der Waals surface area contributed by atoms with Crippen molar-refractivity contribution in [3.63, 3.8) is 0 Å². The van der Waals surface area contributed by atoms with E-state index in [0.29, 0.717) is 64.7 Å². The Morgan fingerprint density at radius 3 is 2.57 bits per heavy atom. The van der Waals surface area contributed by atoms with Gasteiger partial charge in [-0.1, -0.05) is 0 Å². The number of piperazine rings is 1. The lowest BCUT2D eigenvalue weighted by Gasteiger charge is -2.42. The Balaban J connectivity index is 1.21. The van der Waals surface area contributed by atoms with Crippen molar-refractivity contribution in [2.75, 3.05) is 37.7 Å². The summed E-state index contributed by atoms with van der Waals surface area (Å²) in [4.78, 5) is 34.1. The summed E-state index contributed by atoms with van der Waals surface area (Å²) in [6.07, 6.45) is 0.680. The number of benzene rings is 1. The SMILES string of the molecule is Cc1cc2[nH]ncc2c(-c2nccc3c4c(N5C[C@H]6CC[C@@H](C5)N6C(=O)OC(C)(C)C)nc(OC[C@@]56CCCN5C[C@H](F)C6)nc4n(C)c23)c1C(F)(F)F. The zero-order valence-corrected chi connectivity index (χ0v) is 30.9. The van der Waals surface area contributed by atoms with Crippen LogP contribution in [0.25, 0.3) is 44.1 Å². The molecule has 16 heteroatoms. The molecule has 4 atom stereocenters. The van der Waals surface area contributed by atoms with Crippen molar-refractivity contribution in [1.82, 2.24) is 39.5 Å². The molecule has 0 unspecified atom stereocenters. The molecule has 4 aliphatic rings. The topological polar surface area (TPSA) is 118 Å². The first-order valence-corrected chi connectivity index (χ1v) is 18.6. The number of aromatic nitrogens is 6. The van der Waals surface area contributed by atoms with E-state index >= 15 is 0 Å². The van der Waals surface area contributed by atoms with Gasteiger partial charge in [-0.15, -0.1) is 0 Å². The fourth-order valence-corrected chi connectivity index (χ4v) is 9.65. The van der Waals surface area contributed by atoms with Gasteiger partial charge < -0.3 is 18.9 Å². The van der Waals surface area contributed by atoms with Gasteiger partial charge in [0.15, 0.2) is 0 Å². The van der Waals surface area contributed by atoms with Gasteiger partial charge >= 0.3 is 18.3 Å². The highest BCUT2D eigenvalue weighted by molar-refractivity contribution is 6.16. The van der Waals surface area contributed by atoms with E-state index in [1.807, 2.05) is 25.7 Å². The van der Waals surface area contributed by atoms with E-state index in [2.05, 4.69) is 25.0 Å². The van der Waals surface area contributed by atoms with Crippen LogP contribution >= 0.6 is 0 Å². The number of aryl methyl sites for hydroxylation is 2. The number of pyridine rings is 1. The van der Waals surface area contributed by atoms with Crippen molar-refractivity contribution in [2.45, 2.75) is 95.4 Å². The van der Waals surface area contributed by atoms with E-state index < -0.39 is 29.1 Å². The third kappa shape index (κ3) is 5.53. The van der Waals surface area contributed by atoms with Gasteiger partial charge in [0.05, 0.1) is 51.5 Å². The molecular formula is C38H43F4N9O3. The van der Waals surface area contributed by atoms with Crippen LogP contribution in [0.5, 0.6) is 6.01 Å². The van der Waals surface area contributed by atoms with Crippen LogP contribution in [-0.4, -0.2) is 108 Å². The number of anilines is 1. The number of hydrogen-bond acceptors (Lipinski definition) is 9. The standard InChI is InChI=1S/C38H43F4N9O3/c1-20-13-26-25(15-44-47-26)27(29(20)38(40,41)42)30-31-24(9-11-43-30)28-32(48(31)5)45-34(53-19-37-10-6-12-50(37)16-21(39)14-37)46-33(28)49-17-22-7-8-23(18-49)51(22)35(52)54-36(2,3)4/h9,11,13,15,21-23H,6-8,10,12,14,16-19H2,1-5H3,(H,44,47)/t21-,22-,23+,37+/m1/s1. The molecule has 0 radical (unpaired) electrons. The Morgan fingerprint density at radius 2 is 1.85 bits per heavy atom. The number of nitrogens with one attached hydrogen (secondary N) is 1. The highest BCUT2D eigenvalue weighted by atomic mass is 19.4. The number of H-pyrrole nitrogens is 1. The maximum absolute atomic E-state index is 14.9. The second kappa shape index (κ2) is 12.1. The Hall–Kier alpha value is -4.73. The average Bonchev–Trinajstić information content (AvgIpc) is 3.89. The second-order valence-electron chi connectivity index (χ2n) is 16.5. The first kappa shape index (κ1) is 35.0. The number of fused-ring (bicyclic) bond motifs is 7. The van der Waals surface area contributed by atoms with E-state index in [-0.39, 0.29) is 47.6 Å². The minimum Gasteiger partial charge on any atom is -0.461 e. The van der Waals surface area contributed by atoms with Crippen LogP contribution in [-0.2, 0) is 18.0 Å². The highest BCUT2D eigenvalue weighted by Gasteiger charge is 2.50. The Morgan fingerprint density at radius 1 is 1.09 bits per heavy atom.